The highest BCUT2D eigenvalue weighted by atomic mass is 16.5. The minimum Gasteiger partial charge on any atom is -0.381 e. The Labute approximate surface area is 85.2 Å². The molecule has 0 aromatic heterocycles. The Kier molecular flexibility index (Phi) is 3.40. The molecule has 0 unspecified atom stereocenters. The maximum absolute atomic E-state index is 11.5. The third-order valence-corrected chi connectivity index (χ3v) is 3.38. The summed E-state index contributed by atoms with van der Waals surface area (Å²) in [4.78, 5) is 11.5. The van der Waals surface area contributed by atoms with Crippen molar-refractivity contribution in [3.63, 3.8) is 0 Å². The highest BCUT2D eigenvalue weighted by Crippen LogP contribution is 2.26. The minimum atomic E-state index is 0.280. The zero-order chi connectivity index (χ0) is 9.80. The molecule has 1 saturated heterocycles. The van der Waals surface area contributed by atoms with E-state index in [0.29, 0.717) is 11.8 Å². The lowest BCUT2D eigenvalue weighted by molar-refractivity contribution is -0.127. The number of ether oxygens (including phenoxy) is 1. The van der Waals surface area contributed by atoms with Crippen LogP contribution >= 0.6 is 0 Å². The average molecular weight is 197 g/mol. The van der Waals surface area contributed by atoms with E-state index in [0.717, 1.165) is 45.4 Å². The molecule has 3 nitrogen and oxygen atoms in total. The molecule has 0 aromatic carbocycles. The number of rotatable bonds is 3. The maximum atomic E-state index is 11.5. The summed E-state index contributed by atoms with van der Waals surface area (Å²) in [5.41, 5.74) is 0. The summed E-state index contributed by atoms with van der Waals surface area (Å²) in [5, 5.41) is 3.06. The van der Waals surface area contributed by atoms with E-state index in [4.69, 9.17) is 4.74 Å². The molecule has 1 N–H and O–H groups in total. The van der Waals surface area contributed by atoms with Gasteiger partial charge in [0.25, 0.3) is 0 Å². The predicted octanol–water partition coefficient (Wildman–Crippen LogP) is 1.33. The zero-order valence-electron chi connectivity index (χ0n) is 8.63. The standard InChI is InChI=1S/C11H19NO2/c13-11(10-2-1-3-10)12-8-9-4-6-14-7-5-9/h9-10H,1-8H2,(H,12,13). The number of amides is 1. The van der Waals surface area contributed by atoms with Crippen LogP contribution in [0.2, 0.25) is 0 Å². The molecule has 3 heteroatoms. The van der Waals surface area contributed by atoms with Gasteiger partial charge in [0.15, 0.2) is 0 Å². The first-order valence-electron chi connectivity index (χ1n) is 5.71. The second-order valence-electron chi connectivity index (χ2n) is 4.43. The van der Waals surface area contributed by atoms with E-state index in [-0.39, 0.29) is 5.91 Å². The first kappa shape index (κ1) is 9.97. The zero-order valence-corrected chi connectivity index (χ0v) is 8.63. The summed E-state index contributed by atoms with van der Waals surface area (Å²) in [6, 6.07) is 0. The van der Waals surface area contributed by atoms with Crippen LogP contribution < -0.4 is 5.32 Å². The SMILES string of the molecule is O=C(NCC1CCOCC1)C1CCC1. The number of hydrogen-bond donors (Lipinski definition) is 1. The Bertz CT molecular complexity index is 195. The molecule has 0 radical (unpaired) electrons. The monoisotopic (exact) mass is 197 g/mol. The van der Waals surface area contributed by atoms with Crippen molar-refractivity contribution in [2.24, 2.45) is 11.8 Å². The van der Waals surface area contributed by atoms with Crippen molar-refractivity contribution in [1.82, 2.24) is 5.32 Å². The molecule has 1 aliphatic heterocycles. The average Bonchev–Trinajstić information content (AvgIpc) is 2.14. The molecular formula is C11H19NO2. The number of hydrogen-bond acceptors (Lipinski definition) is 2. The summed E-state index contributed by atoms with van der Waals surface area (Å²) in [6.07, 6.45) is 5.63. The van der Waals surface area contributed by atoms with Gasteiger partial charge in [0, 0.05) is 25.7 Å². The molecule has 2 rings (SSSR count). The van der Waals surface area contributed by atoms with Crippen LogP contribution in [0.4, 0.5) is 0 Å². The first-order valence-corrected chi connectivity index (χ1v) is 5.71. The number of nitrogens with one attached hydrogen (secondary N) is 1. The van der Waals surface area contributed by atoms with E-state index in [1.165, 1.54) is 6.42 Å². The van der Waals surface area contributed by atoms with Crippen LogP contribution in [0.25, 0.3) is 0 Å². The number of carbonyl (C=O) groups is 1. The van der Waals surface area contributed by atoms with Crippen molar-refractivity contribution < 1.29 is 9.53 Å². The molecule has 2 aliphatic rings. The third-order valence-electron chi connectivity index (χ3n) is 3.38. The van der Waals surface area contributed by atoms with Gasteiger partial charge in [0.2, 0.25) is 5.91 Å². The highest BCUT2D eigenvalue weighted by molar-refractivity contribution is 5.79. The van der Waals surface area contributed by atoms with Crippen molar-refractivity contribution in [1.29, 1.82) is 0 Å². The van der Waals surface area contributed by atoms with Crippen LogP contribution in [-0.4, -0.2) is 25.7 Å². The maximum Gasteiger partial charge on any atom is 0.223 e. The van der Waals surface area contributed by atoms with Gasteiger partial charge in [0.05, 0.1) is 0 Å². The van der Waals surface area contributed by atoms with Gasteiger partial charge in [-0.05, 0) is 31.6 Å². The Morgan fingerprint density at radius 2 is 1.93 bits per heavy atom. The van der Waals surface area contributed by atoms with Crippen molar-refractivity contribution in [3.8, 4) is 0 Å². The van der Waals surface area contributed by atoms with Gasteiger partial charge in [-0.25, -0.2) is 0 Å². The molecule has 2 fully saturated rings. The third kappa shape index (κ3) is 2.47. The fourth-order valence-corrected chi connectivity index (χ4v) is 2.01. The largest absolute Gasteiger partial charge is 0.381 e. The molecule has 1 amide bonds. The van der Waals surface area contributed by atoms with Crippen molar-refractivity contribution in [3.05, 3.63) is 0 Å². The first-order chi connectivity index (χ1) is 6.86. The molecule has 1 saturated carbocycles. The molecule has 1 aliphatic carbocycles. The van der Waals surface area contributed by atoms with Crippen LogP contribution in [-0.2, 0) is 9.53 Å². The molecule has 0 aromatic rings. The van der Waals surface area contributed by atoms with Gasteiger partial charge in [-0.2, -0.15) is 0 Å². The van der Waals surface area contributed by atoms with E-state index < -0.39 is 0 Å². The second kappa shape index (κ2) is 4.78. The van der Waals surface area contributed by atoms with Crippen molar-refractivity contribution in [2.45, 2.75) is 32.1 Å². The smallest absolute Gasteiger partial charge is 0.223 e. The molecular weight excluding hydrogens is 178 g/mol. The van der Waals surface area contributed by atoms with E-state index in [1.807, 2.05) is 0 Å². The Balaban J connectivity index is 1.62. The van der Waals surface area contributed by atoms with Gasteiger partial charge in [0.1, 0.15) is 0 Å². The fourth-order valence-electron chi connectivity index (χ4n) is 2.01. The van der Waals surface area contributed by atoms with Gasteiger partial charge >= 0.3 is 0 Å². The van der Waals surface area contributed by atoms with E-state index >= 15 is 0 Å². The van der Waals surface area contributed by atoms with E-state index in [2.05, 4.69) is 5.32 Å². The van der Waals surface area contributed by atoms with Gasteiger partial charge in [-0.15, -0.1) is 0 Å². The van der Waals surface area contributed by atoms with Gasteiger partial charge in [-0.3, -0.25) is 4.79 Å². The molecule has 0 bridgehead atoms. The quantitative estimate of drug-likeness (QED) is 0.741. The molecule has 1 heterocycles. The van der Waals surface area contributed by atoms with Crippen molar-refractivity contribution in [2.75, 3.05) is 19.8 Å². The summed E-state index contributed by atoms with van der Waals surface area (Å²) in [6.45, 7) is 2.59. The molecule has 0 atom stereocenters. The van der Waals surface area contributed by atoms with Crippen LogP contribution in [0.15, 0.2) is 0 Å². The lowest BCUT2D eigenvalue weighted by Crippen LogP contribution is -2.38. The minimum absolute atomic E-state index is 0.280. The fraction of sp³-hybridized carbons (Fsp3) is 0.909. The summed E-state index contributed by atoms with van der Waals surface area (Å²) in [7, 11) is 0. The Morgan fingerprint density at radius 3 is 2.50 bits per heavy atom. The van der Waals surface area contributed by atoms with Crippen LogP contribution in [0.3, 0.4) is 0 Å². The highest BCUT2D eigenvalue weighted by Gasteiger charge is 2.25. The molecule has 80 valence electrons. The summed E-state index contributed by atoms with van der Waals surface area (Å²) >= 11 is 0. The second-order valence-corrected chi connectivity index (χ2v) is 4.43. The Morgan fingerprint density at radius 1 is 1.21 bits per heavy atom. The molecule has 14 heavy (non-hydrogen) atoms. The van der Waals surface area contributed by atoms with Crippen LogP contribution in [0.5, 0.6) is 0 Å². The van der Waals surface area contributed by atoms with Crippen LogP contribution in [0.1, 0.15) is 32.1 Å². The predicted molar refractivity (Wildman–Crippen MR) is 53.9 cm³/mol. The summed E-state index contributed by atoms with van der Waals surface area (Å²) in [5.74, 6) is 1.25. The molecule has 0 spiro atoms. The number of carbonyl (C=O) groups excluding carboxylic acids is 1. The lowest BCUT2D eigenvalue weighted by atomic mass is 9.84. The van der Waals surface area contributed by atoms with E-state index in [9.17, 15) is 4.79 Å². The topological polar surface area (TPSA) is 38.3 Å². The van der Waals surface area contributed by atoms with E-state index in [1.54, 1.807) is 0 Å². The summed E-state index contributed by atoms with van der Waals surface area (Å²) < 4.78 is 5.27. The normalized spacial score (nSPS) is 24.3. The van der Waals surface area contributed by atoms with Crippen LogP contribution in [0, 0.1) is 11.8 Å². The van der Waals surface area contributed by atoms with Gasteiger partial charge in [-0.1, -0.05) is 6.42 Å². The Hall–Kier alpha value is -0.570. The lowest BCUT2D eigenvalue weighted by Gasteiger charge is -2.27. The van der Waals surface area contributed by atoms with Crippen molar-refractivity contribution >= 4 is 5.91 Å². The van der Waals surface area contributed by atoms with Gasteiger partial charge < -0.3 is 10.1 Å².